The van der Waals surface area contributed by atoms with Crippen LogP contribution in [0.15, 0.2) is 83.9 Å². The number of hydrogen-bond donors (Lipinski definition) is 1. The van der Waals surface area contributed by atoms with E-state index in [2.05, 4.69) is 22.1 Å². The lowest BCUT2D eigenvalue weighted by Crippen LogP contribution is -2.32. The fraction of sp³-hybridized carbons (Fsp3) is 0.294. The number of pyridine rings is 1. The van der Waals surface area contributed by atoms with E-state index in [0.717, 1.165) is 23.7 Å². The first-order valence-electron chi connectivity index (χ1n) is 14.6. The summed E-state index contributed by atoms with van der Waals surface area (Å²) in [6.45, 7) is 6.26. The molecule has 2 aromatic carbocycles. The quantitative estimate of drug-likeness (QED) is 0.240. The maximum atomic E-state index is 14.6. The zero-order chi connectivity index (χ0) is 31.3. The summed E-state index contributed by atoms with van der Waals surface area (Å²) in [6, 6.07) is 20.3. The zero-order valence-electron chi connectivity index (χ0n) is 25.0. The third kappa shape index (κ3) is 6.79. The van der Waals surface area contributed by atoms with Gasteiger partial charge >= 0.3 is 6.09 Å². The second-order valence-electron chi connectivity index (χ2n) is 10.8. The van der Waals surface area contributed by atoms with Crippen molar-refractivity contribution in [1.82, 2.24) is 14.3 Å². The van der Waals surface area contributed by atoms with Crippen molar-refractivity contribution in [2.75, 3.05) is 11.4 Å². The first-order chi connectivity index (χ1) is 21.2. The summed E-state index contributed by atoms with van der Waals surface area (Å²) in [6.07, 6.45) is 2.46. The highest BCUT2D eigenvalue weighted by molar-refractivity contribution is 7.90. The molecule has 1 aliphatic rings. The molecule has 2 aromatic heterocycles. The molecule has 0 aliphatic carbocycles. The van der Waals surface area contributed by atoms with E-state index in [4.69, 9.17) is 4.74 Å². The molecule has 4 aromatic rings. The lowest BCUT2D eigenvalue weighted by atomic mass is 10.0. The average molecular weight is 615 g/mol. The number of amides is 1. The van der Waals surface area contributed by atoms with Crippen molar-refractivity contribution in [2.45, 2.75) is 63.6 Å². The number of benzene rings is 2. The Hall–Kier alpha value is -4.62. The maximum Gasteiger partial charge on any atom is 0.408 e. The van der Waals surface area contributed by atoms with Gasteiger partial charge in [-0.3, -0.25) is 0 Å². The number of nitrogens with one attached hydrogen (secondary N) is 1. The summed E-state index contributed by atoms with van der Waals surface area (Å²) >= 11 is 0. The Balaban J connectivity index is 1.40. The molecule has 44 heavy (non-hydrogen) atoms. The smallest absolute Gasteiger partial charge is 0.408 e. The van der Waals surface area contributed by atoms with Gasteiger partial charge in [0.25, 0.3) is 10.0 Å². The van der Waals surface area contributed by atoms with Gasteiger partial charge in [-0.2, -0.15) is 0 Å². The molecular formula is C34H35FN4O4S. The Labute approximate surface area is 257 Å². The molecule has 1 saturated heterocycles. The Bertz CT molecular complexity index is 1790. The van der Waals surface area contributed by atoms with E-state index in [9.17, 15) is 17.6 Å². The number of carbonyl (C=O) groups excluding carboxylic acids is 1. The lowest BCUT2D eigenvalue weighted by Gasteiger charge is -2.29. The van der Waals surface area contributed by atoms with Crippen LogP contribution in [0.4, 0.5) is 15.0 Å². The minimum atomic E-state index is -3.90. The van der Waals surface area contributed by atoms with Crippen LogP contribution >= 0.6 is 0 Å². The predicted octanol–water partition coefficient (Wildman–Crippen LogP) is 6.14. The monoisotopic (exact) mass is 614 g/mol. The first-order valence-corrected chi connectivity index (χ1v) is 16.0. The minimum Gasteiger partial charge on any atom is -0.445 e. The van der Waals surface area contributed by atoms with Gasteiger partial charge in [0.1, 0.15) is 23.9 Å². The van der Waals surface area contributed by atoms with Crippen LogP contribution in [0.3, 0.4) is 0 Å². The van der Waals surface area contributed by atoms with Gasteiger partial charge < -0.3 is 15.0 Å². The average Bonchev–Trinajstić information content (AvgIpc) is 3.68. The molecule has 0 spiro atoms. The zero-order valence-corrected chi connectivity index (χ0v) is 25.8. The fourth-order valence-electron chi connectivity index (χ4n) is 5.35. The number of rotatable bonds is 8. The summed E-state index contributed by atoms with van der Waals surface area (Å²) in [4.78, 5) is 18.8. The molecule has 1 N–H and O–H groups in total. The largest absolute Gasteiger partial charge is 0.445 e. The van der Waals surface area contributed by atoms with Gasteiger partial charge in [0, 0.05) is 17.8 Å². The summed E-state index contributed by atoms with van der Waals surface area (Å²) in [5.74, 6) is 5.99. The number of aryl methyl sites for hydroxylation is 2. The second kappa shape index (κ2) is 13.3. The summed E-state index contributed by atoms with van der Waals surface area (Å²) in [7, 11) is -3.90. The molecule has 3 heterocycles. The third-order valence-corrected chi connectivity index (χ3v) is 9.33. The van der Waals surface area contributed by atoms with Crippen LogP contribution in [0.1, 0.15) is 60.8 Å². The van der Waals surface area contributed by atoms with Gasteiger partial charge in [-0.05, 0) is 74.9 Å². The molecule has 5 rings (SSSR count). The van der Waals surface area contributed by atoms with Gasteiger partial charge in [0.05, 0.1) is 23.2 Å². The number of nitrogens with zero attached hydrogens (tertiary/aromatic N) is 3. The van der Waals surface area contributed by atoms with Crippen molar-refractivity contribution < 1.29 is 22.3 Å². The standard InChI is InChI=1S/C34H35FN4O4S/c1-4-28-15-19-33(39(28)44(41,42)29-16-12-24(2)13-17-29)38-20-8-11-32(38)30-21-27(35)22-36-31(30)18-14-25(3)37-34(40)43-23-26-9-6-5-7-10-26/h5-7,9-10,12-13,15-17,19,21-22,25,32H,4,8,11,20,23H2,1-3H3,(H,37,40). The van der Waals surface area contributed by atoms with E-state index in [1.54, 1.807) is 31.2 Å². The summed E-state index contributed by atoms with van der Waals surface area (Å²) in [5.41, 5.74) is 3.42. The topological polar surface area (TPSA) is 93.5 Å². The normalized spacial score (nSPS) is 15.4. The van der Waals surface area contributed by atoms with Crippen LogP contribution < -0.4 is 10.2 Å². The highest BCUT2D eigenvalue weighted by Gasteiger charge is 2.34. The number of carbonyl (C=O) groups is 1. The predicted molar refractivity (Wildman–Crippen MR) is 167 cm³/mol. The molecule has 228 valence electrons. The van der Waals surface area contributed by atoms with Gasteiger partial charge in [-0.25, -0.2) is 26.6 Å². The number of anilines is 1. The van der Waals surface area contributed by atoms with Crippen molar-refractivity contribution in [3.63, 3.8) is 0 Å². The van der Waals surface area contributed by atoms with Gasteiger partial charge in [0.15, 0.2) is 0 Å². The van der Waals surface area contributed by atoms with E-state index in [-0.39, 0.29) is 17.5 Å². The minimum absolute atomic E-state index is 0.134. The fourth-order valence-corrected chi connectivity index (χ4v) is 6.95. The Morgan fingerprint density at radius 1 is 1.14 bits per heavy atom. The molecule has 1 amide bonds. The SMILES string of the molecule is CCc1ccc(N2CCCC2c2cc(F)cnc2C#CC(C)NC(=O)OCc2ccccc2)n1S(=O)(=O)c1ccc(C)cc1. The van der Waals surface area contributed by atoms with Crippen molar-refractivity contribution in [3.8, 4) is 11.8 Å². The number of halogens is 1. The number of hydrogen-bond acceptors (Lipinski definition) is 6. The Kier molecular flexibility index (Phi) is 9.35. The molecule has 2 atom stereocenters. The van der Waals surface area contributed by atoms with Crippen LogP contribution in [-0.4, -0.2) is 36.1 Å². The number of ether oxygens (including phenoxy) is 1. The summed E-state index contributed by atoms with van der Waals surface area (Å²) < 4.78 is 49.1. The van der Waals surface area contributed by atoms with Gasteiger partial charge in [0.2, 0.25) is 0 Å². The molecule has 10 heteroatoms. The van der Waals surface area contributed by atoms with Crippen LogP contribution in [0.5, 0.6) is 0 Å². The van der Waals surface area contributed by atoms with Gasteiger partial charge in [-0.15, -0.1) is 0 Å². The van der Waals surface area contributed by atoms with Crippen molar-refractivity contribution in [2.24, 2.45) is 0 Å². The Morgan fingerprint density at radius 2 is 1.89 bits per heavy atom. The Morgan fingerprint density at radius 3 is 2.61 bits per heavy atom. The van der Waals surface area contributed by atoms with Crippen LogP contribution in [-0.2, 0) is 27.8 Å². The molecule has 1 aliphatic heterocycles. The van der Waals surface area contributed by atoms with Crippen LogP contribution in [0, 0.1) is 24.6 Å². The molecular weight excluding hydrogens is 579 g/mol. The van der Waals surface area contributed by atoms with Crippen molar-refractivity contribution in [3.05, 3.63) is 113 Å². The molecule has 1 fully saturated rings. The molecule has 8 nitrogen and oxygen atoms in total. The van der Waals surface area contributed by atoms with Crippen LogP contribution in [0.25, 0.3) is 0 Å². The molecule has 2 unspecified atom stereocenters. The highest BCUT2D eigenvalue weighted by Crippen LogP contribution is 2.39. The van der Waals surface area contributed by atoms with Crippen molar-refractivity contribution in [1.29, 1.82) is 0 Å². The van der Waals surface area contributed by atoms with E-state index in [0.29, 0.717) is 42.2 Å². The van der Waals surface area contributed by atoms with E-state index >= 15 is 0 Å². The molecule has 0 bridgehead atoms. The lowest BCUT2D eigenvalue weighted by molar-refractivity contribution is 0.138. The third-order valence-electron chi connectivity index (χ3n) is 7.56. The molecule has 0 radical (unpaired) electrons. The number of alkyl carbamates (subject to hydrolysis) is 1. The van der Waals surface area contributed by atoms with E-state index < -0.39 is 28.0 Å². The highest BCUT2D eigenvalue weighted by atomic mass is 32.2. The molecule has 0 saturated carbocycles. The van der Waals surface area contributed by atoms with E-state index in [1.165, 1.54) is 10.0 Å². The summed E-state index contributed by atoms with van der Waals surface area (Å²) in [5, 5.41) is 2.69. The first kappa shape index (κ1) is 30.8. The number of aromatic nitrogens is 2. The second-order valence-corrected chi connectivity index (χ2v) is 12.5. The maximum absolute atomic E-state index is 14.6. The van der Waals surface area contributed by atoms with E-state index in [1.807, 2.05) is 61.2 Å². The van der Waals surface area contributed by atoms with Gasteiger partial charge in [-0.1, -0.05) is 60.9 Å². The van der Waals surface area contributed by atoms with Crippen molar-refractivity contribution >= 4 is 21.9 Å². The van der Waals surface area contributed by atoms with Crippen LogP contribution in [0.2, 0.25) is 0 Å².